The van der Waals surface area contributed by atoms with Crippen LogP contribution in [0.3, 0.4) is 0 Å². The second-order valence-corrected chi connectivity index (χ2v) is 7.78. The third-order valence-corrected chi connectivity index (χ3v) is 5.11. The highest BCUT2D eigenvalue weighted by Crippen LogP contribution is 2.19. The van der Waals surface area contributed by atoms with E-state index in [1.165, 1.54) is 63.0 Å². The number of hydrogen-bond donors (Lipinski definition) is 0. The average molecular weight is 409 g/mol. The maximum absolute atomic E-state index is 11.8. The Hall–Kier alpha value is -2.49. The molecule has 2 rings (SSSR count). The minimum atomic E-state index is -0.387. The molecule has 0 spiro atoms. The lowest BCUT2D eigenvalue weighted by atomic mass is 10.0. The van der Waals surface area contributed by atoms with Crippen molar-refractivity contribution in [3.05, 3.63) is 54.4 Å². The van der Waals surface area contributed by atoms with Crippen LogP contribution in [-0.4, -0.2) is 15.9 Å². The van der Waals surface area contributed by atoms with E-state index in [-0.39, 0.29) is 5.97 Å². The smallest absolute Gasteiger partial charge is 0.335 e. The Kier molecular flexibility index (Phi) is 11.5. The van der Waals surface area contributed by atoms with Crippen LogP contribution in [0.1, 0.15) is 83.6 Å². The molecule has 0 aliphatic heterocycles. The molecule has 1 heterocycles. The van der Waals surface area contributed by atoms with E-state index in [1.807, 2.05) is 6.08 Å². The number of benzene rings is 1. The summed E-state index contributed by atoms with van der Waals surface area (Å²) in [6.45, 7) is 4.41. The zero-order valence-corrected chi connectivity index (χ0v) is 18.6. The Labute approximate surface area is 181 Å². The molecule has 0 radical (unpaired) electrons. The van der Waals surface area contributed by atoms with Gasteiger partial charge in [0.2, 0.25) is 0 Å². The lowest BCUT2D eigenvalue weighted by Crippen LogP contribution is -2.04. The van der Waals surface area contributed by atoms with Gasteiger partial charge in [0.1, 0.15) is 0 Å². The van der Waals surface area contributed by atoms with E-state index in [0.29, 0.717) is 11.6 Å². The third kappa shape index (κ3) is 9.34. The number of unbranched alkanes of at least 4 members (excludes halogenated alkanes) is 8. The molecule has 2 aromatic rings. The molecule has 0 aliphatic carbocycles. The van der Waals surface area contributed by atoms with Crippen LogP contribution in [0.25, 0.3) is 11.4 Å². The summed E-state index contributed by atoms with van der Waals surface area (Å²) < 4.78 is 5.26. The highest BCUT2D eigenvalue weighted by molar-refractivity contribution is 5.83. The summed E-state index contributed by atoms with van der Waals surface area (Å²) in [6, 6.07) is 8.43. The highest BCUT2D eigenvalue weighted by atomic mass is 16.5. The Morgan fingerprint density at radius 2 is 1.50 bits per heavy atom. The summed E-state index contributed by atoms with van der Waals surface area (Å²) in [5.41, 5.74) is 2.32. The molecule has 0 unspecified atom stereocenters. The number of aryl methyl sites for hydroxylation is 1. The molecule has 4 nitrogen and oxygen atoms in total. The first-order valence-corrected chi connectivity index (χ1v) is 11.5. The molecule has 1 aromatic heterocycles. The van der Waals surface area contributed by atoms with Gasteiger partial charge in [0, 0.05) is 11.6 Å². The molecule has 0 fully saturated rings. The zero-order valence-electron chi connectivity index (χ0n) is 18.6. The first-order chi connectivity index (χ1) is 14.7. The quantitative estimate of drug-likeness (QED) is 0.190. The van der Waals surface area contributed by atoms with E-state index in [0.717, 1.165) is 24.8 Å². The van der Waals surface area contributed by atoms with Gasteiger partial charge in [-0.15, -0.1) is 0 Å². The van der Waals surface area contributed by atoms with Gasteiger partial charge < -0.3 is 4.74 Å². The summed E-state index contributed by atoms with van der Waals surface area (Å²) in [6.07, 6.45) is 19.8. The van der Waals surface area contributed by atoms with E-state index in [9.17, 15) is 4.79 Å². The van der Waals surface area contributed by atoms with Crippen molar-refractivity contribution in [2.24, 2.45) is 0 Å². The fraction of sp³-hybridized carbons (Fsp3) is 0.500. The minimum Gasteiger partial charge on any atom is -0.420 e. The number of aromatic nitrogens is 2. The maximum Gasteiger partial charge on any atom is 0.335 e. The van der Waals surface area contributed by atoms with Crippen molar-refractivity contribution in [3.8, 4) is 17.1 Å². The monoisotopic (exact) mass is 408 g/mol. The SMILES string of the molecule is CCCCC/C=C/C(=O)Oc1cnc(-c2ccc(CCCCCCCC)cc2)nc1. The molecule has 30 heavy (non-hydrogen) atoms. The predicted octanol–water partition coefficient (Wildman–Crippen LogP) is 7.09. The molecule has 162 valence electrons. The van der Waals surface area contributed by atoms with Crippen LogP contribution in [0.4, 0.5) is 0 Å². The van der Waals surface area contributed by atoms with Gasteiger partial charge in [-0.1, -0.05) is 89.1 Å². The van der Waals surface area contributed by atoms with Gasteiger partial charge in [0.15, 0.2) is 11.6 Å². The molecular formula is C26H36N2O2. The number of hydrogen-bond acceptors (Lipinski definition) is 4. The Balaban J connectivity index is 1.78. The summed E-state index contributed by atoms with van der Waals surface area (Å²) in [7, 11) is 0. The third-order valence-electron chi connectivity index (χ3n) is 5.11. The first-order valence-electron chi connectivity index (χ1n) is 11.5. The minimum absolute atomic E-state index is 0.363. The van der Waals surface area contributed by atoms with Gasteiger partial charge in [-0.2, -0.15) is 0 Å². The number of rotatable bonds is 14. The van der Waals surface area contributed by atoms with Crippen molar-refractivity contribution >= 4 is 5.97 Å². The number of esters is 1. The van der Waals surface area contributed by atoms with Gasteiger partial charge in [-0.05, 0) is 31.2 Å². The summed E-state index contributed by atoms with van der Waals surface area (Å²) >= 11 is 0. The molecule has 4 heteroatoms. The van der Waals surface area contributed by atoms with Crippen LogP contribution in [-0.2, 0) is 11.2 Å². The fourth-order valence-corrected chi connectivity index (χ4v) is 3.29. The topological polar surface area (TPSA) is 52.1 Å². The predicted molar refractivity (Wildman–Crippen MR) is 123 cm³/mol. The summed E-state index contributed by atoms with van der Waals surface area (Å²) in [5, 5.41) is 0. The molecule has 0 saturated heterocycles. The summed E-state index contributed by atoms with van der Waals surface area (Å²) in [5.74, 6) is 0.611. The van der Waals surface area contributed by atoms with Crippen molar-refractivity contribution in [2.45, 2.75) is 84.5 Å². The zero-order chi connectivity index (χ0) is 21.4. The number of carbonyl (C=O) groups excluding carboxylic acids is 1. The van der Waals surface area contributed by atoms with Crippen LogP contribution in [0.5, 0.6) is 5.75 Å². The van der Waals surface area contributed by atoms with Gasteiger partial charge >= 0.3 is 5.97 Å². The van der Waals surface area contributed by atoms with Crippen molar-refractivity contribution in [2.75, 3.05) is 0 Å². The second-order valence-electron chi connectivity index (χ2n) is 7.78. The summed E-state index contributed by atoms with van der Waals surface area (Å²) in [4.78, 5) is 20.5. The van der Waals surface area contributed by atoms with Crippen LogP contribution < -0.4 is 4.74 Å². The lowest BCUT2D eigenvalue weighted by molar-refractivity contribution is -0.129. The van der Waals surface area contributed by atoms with Gasteiger partial charge in [0.25, 0.3) is 0 Å². The molecule has 0 aliphatic rings. The molecule has 1 aromatic carbocycles. The fourth-order valence-electron chi connectivity index (χ4n) is 3.29. The van der Waals surface area contributed by atoms with E-state index < -0.39 is 0 Å². The van der Waals surface area contributed by atoms with Gasteiger partial charge in [-0.25, -0.2) is 14.8 Å². The van der Waals surface area contributed by atoms with Gasteiger partial charge in [-0.3, -0.25) is 0 Å². The maximum atomic E-state index is 11.8. The molecule has 0 atom stereocenters. The Morgan fingerprint density at radius 3 is 2.20 bits per heavy atom. The molecule has 0 saturated carbocycles. The Bertz CT molecular complexity index is 752. The number of nitrogens with zero attached hydrogens (tertiary/aromatic N) is 2. The van der Waals surface area contributed by atoms with Gasteiger partial charge in [0.05, 0.1) is 12.4 Å². The van der Waals surface area contributed by atoms with Crippen LogP contribution >= 0.6 is 0 Å². The molecular weight excluding hydrogens is 372 g/mol. The highest BCUT2D eigenvalue weighted by Gasteiger charge is 2.05. The van der Waals surface area contributed by atoms with Crippen molar-refractivity contribution in [1.29, 1.82) is 0 Å². The normalized spacial score (nSPS) is 11.1. The molecule has 0 bridgehead atoms. The standard InChI is InChI=1S/C26H36N2O2/c1-3-5-7-9-11-12-14-22-16-18-23(19-17-22)26-27-20-24(21-28-26)30-25(29)15-13-10-8-6-4-2/h13,15-21H,3-12,14H2,1-2H3/b15-13+. The Morgan fingerprint density at radius 1 is 0.867 bits per heavy atom. The second kappa shape index (κ2) is 14.5. The largest absolute Gasteiger partial charge is 0.420 e. The van der Waals surface area contributed by atoms with Crippen molar-refractivity contribution in [3.63, 3.8) is 0 Å². The van der Waals surface area contributed by atoms with Crippen LogP contribution in [0.2, 0.25) is 0 Å². The van der Waals surface area contributed by atoms with Crippen molar-refractivity contribution < 1.29 is 9.53 Å². The lowest BCUT2D eigenvalue weighted by Gasteiger charge is -2.05. The van der Waals surface area contributed by atoms with E-state index in [1.54, 1.807) is 12.4 Å². The number of ether oxygens (including phenoxy) is 1. The van der Waals surface area contributed by atoms with Crippen LogP contribution in [0.15, 0.2) is 48.8 Å². The molecule has 0 N–H and O–H groups in total. The van der Waals surface area contributed by atoms with Crippen molar-refractivity contribution in [1.82, 2.24) is 9.97 Å². The average Bonchev–Trinajstić information content (AvgIpc) is 2.77. The van der Waals surface area contributed by atoms with E-state index in [4.69, 9.17) is 4.74 Å². The number of allylic oxidation sites excluding steroid dienone is 1. The van der Waals surface area contributed by atoms with Crippen LogP contribution in [0, 0.1) is 0 Å². The first kappa shape index (κ1) is 23.8. The van der Waals surface area contributed by atoms with E-state index in [2.05, 4.69) is 48.1 Å². The van der Waals surface area contributed by atoms with E-state index >= 15 is 0 Å². The number of carbonyl (C=O) groups is 1. The molecule has 0 amide bonds.